The van der Waals surface area contributed by atoms with Gasteiger partial charge in [-0.25, -0.2) is 0 Å². The Balaban J connectivity index is 0.969. The maximum Gasteiger partial charge on any atom is 0.127 e. The third-order valence-corrected chi connectivity index (χ3v) is 14.2. The minimum Gasteiger partial charge on any atom is -0.492 e. The van der Waals surface area contributed by atoms with Crippen molar-refractivity contribution >= 4 is 43.1 Å². The fraction of sp³-hybridized carbons (Fsp3) is 0.233. The van der Waals surface area contributed by atoms with Crippen molar-refractivity contribution < 1.29 is 9.47 Å². The second kappa shape index (κ2) is 16.8. The normalized spacial score (nSPS) is 16.9. The van der Waals surface area contributed by atoms with Crippen molar-refractivity contribution in [2.24, 2.45) is 11.8 Å². The molecule has 1 fully saturated rings. The van der Waals surface area contributed by atoms with Crippen LogP contribution in [0.25, 0.3) is 76.5 Å². The van der Waals surface area contributed by atoms with Crippen molar-refractivity contribution in [2.45, 2.75) is 64.2 Å². The van der Waals surface area contributed by atoms with E-state index in [9.17, 15) is 0 Å². The predicted molar refractivity (Wildman–Crippen MR) is 262 cm³/mol. The van der Waals surface area contributed by atoms with E-state index in [2.05, 4.69) is 177 Å². The summed E-state index contributed by atoms with van der Waals surface area (Å²) in [6, 6.07) is 63.0. The van der Waals surface area contributed by atoms with Gasteiger partial charge in [-0.15, -0.1) is 0 Å². The highest BCUT2D eigenvalue weighted by Crippen LogP contribution is 2.48. The summed E-state index contributed by atoms with van der Waals surface area (Å²) in [6.07, 6.45) is 10.1. The number of fused-ring (bicyclic) bond motifs is 9. The monoisotopic (exact) mass is 806 g/mol. The fourth-order valence-electron chi connectivity index (χ4n) is 10.6. The zero-order chi connectivity index (χ0) is 41.4. The molecule has 1 heterocycles. The molecule has 0 unspecified atom stereocenters. The van der Waals surface area contributed by atoms with E-state index in [0.29, 0.717) is 19.1 Å². The number of hydrogen-bond acceptors (Lipinski definition) is 2. The maximum absolute atomic E-state index is 7.03. The molecule has 306 valence electrons. The van der Waals surface area contributed by atoms with Crippen LogP contribution >= 0.6 is 0 Å². The Morgan fingerprint density at radius 1 is 0.419 bits per heavy atom. The molecule has 1 aliphatic carbocycles. The second-order valence-electron chi connectivity index (χ2n) is 18.1. The highest BCUT2D eigenvalue weighted by Gasteiger charge is 2.25. The van der Waals surface area contributed by atoms with Gasteiger partial charge in [-0.2, -0.15) is 0 Å². The highest BCUT2D eigenvalue weighted by atomic mass is 16.5. The van der Waals surface area contributed by atoms with E-state index < -0.39 is 0 Å². The van der Waals surface area contributed by atoms with Gasteiger partial charge in [0.2, 0.25) is 0 Å². The molecule has 0 radical (unpaired) electrons. The number of aryl methyl sites for hydroxylation is 1. The highest BCUT2D eigenvalue weighted by molar-refractivity contribution is 6.11. The van der Waals surface area contributed by atoms with E-state index in [1.165, 1.54) is 115 Å². The van der Waals surface area contributed by atoms with Gasteiger partial charge in [-0.05, 0) is 163 Å². The summed E-state index contributed by atoms with van der Waals surface area (Å²) in [6.45, 7) is 3.51. The molecule has 1 saturated carbocycles. The first-order chi connectivity index (χ1) is 30.6. The topological polar surface area (TPSA) is 18.5 Å². The van der Waals surface area contributed by atoms with Crippen LogP contribution in [0, 0.1) is 11.8 Å². The number of rotatable bonds is 8. The molecular formula is C60H54O2. The number of benzene rings is 9. The largest absolute Gasteiger partial charge is 0.492 e. The lowest BCUT2D eigenvalue weighted by Gasteiger charge is -2.28. The van der Waals surface area contributed by atoms with Gasteiger partial charge in [-0.1, -0.05) is 153 Å². The van der Waals surface area contributed by atoms with Crippen LogP contribution in [0.4, 0.5) is 0 Å². The van der Waals surface area contributed by atoms with Gasteiger partial charge in [0.25, 0.3) is 0 Å². The van der Waals surface area contributed by atoms with Gasteiger partial charge < -0.3 is 9.47 Å². The maximum atomic E-state index is 7.03. The summed E-state index contributed by atoms with van der Waals surface area (Å²) in [5.74, 6) is 3.69. The van der Waals surface area contributed by atoms with E-state index in [1.807, 2.05) is 0 Å². The first kappa shape index (κ1) is 38.5. The third kappa shape index (κ3) is 7.62. The molecule has 2 nitrogen and oxygen atoms in total. The first-order valence-corrected chi connectivity index (χ1v) is 23.1. The predicted octanol–water partition coefficient (Wildman–Crippen LogP) is 16.4. The summed E-state index contributed by atoms with van der Waals surface area (Å²) < 4.78 is 14.1. The van der Waals surface area contributed by atoms with Crippen molar-refractivity contribution in [2.75, 3.05) is 13.2 Å². The van der Waals surface area contributed by atoms with Crippen LogP contribution in [0.3, 0.4) is 0 Å². The average molecular weight is 807 g/mol. The Bertz CT molecular complexity index is 2890. The molecule has 0 bridgehead atoms. The molecule has 0 amide bonds. The zero-order valence-electron chi connectivity index (χ0n) is 35.8. The lowest BCUT2D eigenvalue weighted by Crippen LogP contribution is -2.20. The molecule has 0 spiro atoms. The SMILES string of the molecule is CCCC1CCC(c2ccc(CCC3COc4ccc5ccc(-c6ccc7ccccc7c6)cc5c4-c4c(ccc5ccc(-c6ccc7ccccc7c6)cc45)OC3)cc2)CC1. The molecule has 62 heavy (non-hydrogen) atoms. The number of hydrogen-bond donors (Lipinski definition) is 0. The molecule has 0 atom stereocenters. The van der Waals surface area contributed by atoms with Crippen LogP contribution < -0.4 is 9.47 Å². The minimum absolute atomic E-state index is 0.224. The molecule has 0 saturated heterocycles. The minimum atomic E-state index is 0.224. The van der Waals surface area contributed by atoms with E-state index in [4.69, 9.17) is 9.47 Å². The quantitative estimate of drug-likeness (QED) is 0.152. The number of ether oxygens (including phenoxy) is 2. The summed E-state index contributed by atoms with van der Waals surface area (Å²) in [4.78, 5) is 0. The molecule has 2 aliphatic rings. The lowest BCUT2D eigenvalue weighted by molar-refractivity contribution is 0.173. The molecule has 9 aromatic carbocycles. The molecule has 1 aliphatic heterocycles. The standard InChI is InChI=1S/C60H54O2/c1-2-7-40-14-18-45(19-15-40)46-20-16-41(17-21-46)12-13-42-38-61-57-32-30-47-24-28-53(51-26-22-43-8-3-5-10-49(43)34-51)36-55(47)59(57)60-56-37-54(29-25-48(56)31-33-58(60)62-39-42)52-27-23-44-9-4-6-11-50(44)35-52/h3-6,8-11,16-17,20-37,40,42,45H,2,7,12-15,18-19,38-39H2,1H3. The van der Waals surface area contributed by atoms with Crippen LogP contribution in [0.5, 0.6) is 11.5 Å². The molecule has 0 N–H and O–H groups in total. The van der Waals surface area contributed by atoms with Crippen molar-refractivity contribution in [1.82, 2.24) is 0 Å². The Labute approximate surface area is 366 Å². The summed E-state index contributed by atoms with van der Waals surface area (Å²) in [7, 11) is 0. The van der Waals surface area contributed by atoms with E-state index in [-0.39, 0.29) is 5.92 Å². The Morgan fingerprint density at radius 2 is 0.887 bits per heavy atom. The van der Waals surface area contributed by atoms with Crippen molar-refractivity contribution in [1.29, 1.82) is 0 Å². The summed E-state index contributed by atoms with van der Waals surface area (Å²) in [5, 5.41) is 9.67. The summed E-state index contributed by atoms with van der Waals surface area (Å²) in [5.41, 5.74) is 9.89. The third-order valence-electron chi connectivity index (χ3n) is 14.2. The molecular weight excluding hydrogens is 753 g/mol. The Kier molecular flexibility index (Phi) is 10.5. The second-order valence-corrected chi connectivity index (χ2v) is 18.1. The molecule has 2 heteroatoms. The smallest absolute Gasteiger partial charge is 0.127 e. The van der Waals surface area contributed by atoms with E-state index in [1.54, 1.807) is 0 Å². The molecule has 0 aromatic heterocycles. The molecule has 11 rings (SSSR count). The zero-order valence-corrected chi connectivity index (χ0v) is 35.8. The van der Waals surface area contributed by atoms with E-state index in [0.717, 1.165) is 41.4 Å². The first-order valence-electron chi connectivity index (χ1n) is 23.1. The van der Waals surface area contributed by atoms with Crippen LogP contribution in [0.2, 0.25) is 0 Å². The Hall–Kier alpha value is -6.38. The Morgan fingerprint density at radius 3 is 1.40 bits per heavy atom. The van der Waals surface area contributed by atoms with Crippen LogP contribution in [-0.2, 0) is 6.42 Å². The van der Waals surface area contributed by atoms with E-state index >= 15 is 0 Å². The average Bonchev–Trinajstić information content (AvgIpc) is 3.41. The fourth-order valence-corrected chi connectivity index (χ4v) is 10.6. The van der Waals surface area contributed by atoms with Crippen LogP contribution in [0.1, 0.15) is 68.9 Å². The van der Waals surface area contributed by atoms with Gasteiger partial charge in [0.05, 0.1) is 13.2 Å². The van der Waals surface area contributed by atoms with Gasteiger partial charge in [-0.3, -0.25) is 0 Å². The van der Waals surface area contributed by atoms with Gasteiger partial charge in [0.15, 0.2) is 0 Å². The van der Waals surface area contributed by atoms with Gasteiger partial charge in [0.1, 0.15) is 11.5 Å². The lowest BCUT2D eigenvalue weighted by atomic mass is 9.77. The van der Waals surface area contributed by atoms with Crippen molar-refractivity contribution in [3.05, 3.63) is 181 Å². The van der Waals surface area contributed by atoms with Gasteiger partial charge >= 0.3 is 0 Å². The van der Waals surface area contributed by atoms with Crippen molar-refractivity contribution in [3.8, 4) is 44.9 Å². The van der Waals surface area contributed by atoms with Crippen LogP contribution in [0.15, 0.2) is 170 Å². The summed E-state index contributed by atoms with van der Waals surface area (Å²) >= 11 is 0. The van der Waals surface area contributed by atoms with Crippen LogP contribution in [-0.4, -0.2) is 13.2 Å². The molecule has 9 aromatic rings. The van der Waals surface area contributed by atoms with Gasteiger partial charge in [0, 0.05) is 17.0 Å². The van der Waals surface area contributed by atoms with Crippen molar-refractivity contribution in [3.63, 3.8) is 0 Å².